The molecular weight excluding hydrogens is 358 g/mol. The predicted molar refractivity (Wildman–Crippen MR) is 104 cm³/mol. The number of ether oxygens (including phenoxy) is 1. The number of nitrogens with one attached hydrogen (secondary N) is 1. The first-order chi connectivity index (χ1) is 13.6. The molecule has 8 nitrogen and oxygen atoms in total. The Kier molecular flexibility index (Phi) is 6.07. The van der Waals surface area contributed by atoms with Gasteiger partial charge in [-0.25, -0.2) is 9.78 Å². The number of para-hydroxylation sites is 1. The monoisotopic (exact) mass is 379 g/mol. The largest absolute Gasteiger partial charge is 0.450 e. The van der Waals surface area contributed by atoms with Crippen LogP contribution in [0.5, 0.6) is 0 Å². The Hall–Kier alpha value is -3.60. The second-order valence-corrected chi connectivity index (χ2v) is 6.19. The maximum Gasteiger partial charge on any atom is 0.409 e. The fraction of sp³-hybridized carbons (Fsp3) is 0.300. The maximum atomic E-state index is 12.6. The molecule has 1 N–H and O–H groups in total. The van der Waals surface area contributed by atoms with Crippen LogP contribution < -0.4 is 10.2 Å². The van der Waals surface area contributed by atoms with E-state index in [1.165, 1.54) is 0 Å². The first-order valence-electron chi connectivity index (χ1n) is 9.05. The Morgan fingerprint density at radius 2 is 1.96 bits per heavy atom. The topological polar surface area (TPSA) is 98.6 Å². The number of benzene rings is 1. The number of anilines is 2. The smallest absolute Gasteiger partial charge is 0.409 e. The Morgan fingerprint density at radius 3 is 2.68 bits per heavy atom. The molecule has 1 aromatic heterocycles. The first kappa shape index (κ1) is 19.2. The van der Waals surface area contributed by atoms with Gasteiger partial charge in [0, 0.05) is 37.9 Å². The van der Waals surface area contributed by atoms with Crippen LogP contribution in [0.1, 0.15) is 22.8 Å². The Morgan fingerprint density at radius 1 is 1.21 bits per heavy atom. The van der Waals surface area contributed by atoms with Gasteiger partial charge in [0.2, 0.25) is 0 Å². The lowest BCUT2D eigenvalue weighted by Gasteiger charge is -2.34. The molecule has 0 atom stereocenters. The summed E-state index contributed by atoms with van der Waals surface area (Å²) in [4.78, 5) is 32.4. The Balaban J connectivity index is 1.67. The number of hydrogen-bond donors (Lipinski definition) is 1. The van der Waals surface area contributed by atoms with Gasteiger partial charge in [-0.05, 0) is 31.2 Å². The van der Waals surface area contributed by atoms with Gasteiger partial charge in [0.15, 0.2) is 0 Å². The molecular formula is C20H21N5O3. The average Bonchev–Trinajstić information content (AvgIpc) is 2.74. The second kappa shape index (κ2) is 8.86. The van der Waals surface area contributed by atoms with E-state index >= 15 is 0 Å². The number of nitriles is 1. The van der Waals surface area contributed by atoms with Crippen molar-refractivity contribution in [2.45, 2.75) is 6.92 Å². The minimum Gasteiger partial charge on any atom is -0.450 e. The summed E-state index contributed by atoms with van der Waals surface area (Å²) in [6.45, 7) is 4.41. The zero-order chi connectivity index (χ0) is 19.9. The molecule has 28 heavy (non-hydrogen) atoms. The van der Waals surface area contributed by atoms with Crippen molar-refractivity contribution in [1.82, 2.24) is 9.88 Å². The van der Waals surface area contributed by atoms with Gasteiger partial charge in [-0.2, -0.15) is 5.26 Å². The number of pyridine rings is 1. The maximum absolute atomic E-state index is 12.6. The molecule has 2 amide bonds. The van der Waals surface area contributed by atoms with Crippen LogP contribution in [0.2, 0.25) is 0 Å². The molecule has 1 aliphatic rings. The fourth-order valence-electron chi connectivity index (χ4n) is 2.95. The summed E-state index contributed by atoms with van der Waals surface area (Å²) in [5, 5.41) is 11.9. The van der Waals surface area contributed by atoms with Crippen molar-refractivity contribution in [2.24, 2.45) is 0 Å². The van der Waals surface area contributed by atoms with E-state index in [9.17, 15) is 9.59 Å². The molecule has 0 bridgehead atoms. The zero-order valence-electron chi connectivity index (χ0n) is 15.6. The van der Waals surface area contributed by atoms with Crippen molar-refractivity contribution >= 4 is 23.5 Å². The van der Waals surface area contributed by atoms with Crippen LogP contribution in [0.3, 0.4) is 0 Å². The highest BCUT2D eigenvalue weighted by atomic mass is 16.6. The number of nitrogens with zero attached hydrogens (tertiary/aromatic N) is 4. The lowest BCUT2D eigenvalue weighted by molar-refractivity contribution is 0.102. The van der Waals surface area contributed by atoms with Crippen LogP contribution in [-0.2, 0) is 4.74 Å². The molecule has 0 radical (unpaired) electrons. The summed E-state index contributed by atoms with van der Waals surface area (Å²) in [5.74, 6) is 0.362. The zero-order valence-corrected chi connectivity index (χ0v) is 15.6. The van der Waals surface area contributed by atoms with Gasteiger partial charge in [-0.1, -0.05) is 12.1 Å². The third-order valence-corrected chi connectivity index (χ3v) is 4.43. The second-order valence-electron chi connectivity index (χ2n) is 6.19. The van der Waals surface area contributed by atoms with E-state index in [1.54, 1.807) is 54.4 Å². The van der Waals surface area contributed by atoms with Gasteiger partial charge >= 0.3 is 6.09 Å². The molecule has 2 heterocycles. The van der Waals surface area contributed by atoms with Gasteiger partial charge in [0.05, 0.1) is 17.9 Å². The molecule has 2 aromatic rings. The molecule has 0 saturated carbocycles. The molecule has 0 aliphatic carbocycles. The number of hydrogen-bond acceptors (Lipinski definition) is 6. The number of carbonyl (C=O) groups excluding carboxylic acids is 2. The van der Waals surface area contributed by atoms with E-state index in [1.807, 2.05) is 4.90 Å². The highest BCUT2D eigenvalue weighted by Gasteiger charge is 2.23. The quantitative estimate of drug-likeness (QED) is 0.876. The number of aromatic nitrogens is 1. The SMILES string of the molecule is CCOC(=O)N1CCN(c2cc(C(=O)Nc3ccccc3C#N)ccn2)CC1. The highest BCUT2D eigenvalue weighted by molar-refractivity contribution is 6.05. The van der Waals surface area contributed by atoms with Crippen molar-refractivity contribution in [3.63, 3.8) is 0 Å². The first-order valence-corrected chi connectivity index (χ1v) is 9.05. The van der Waals surface area contributed by atoms with Gasteiger partial charge < -0.3 is 19.9 Å². The molecule has 1 aromatic carbocycles. The summed E-state index contributed by atoms with van der Waals surface area (Å²) >= 11 is 0. The van der Waals surface area contributed by atoms with E-state index in [-0.39, 0.29) is 12.0 Å². The van der Waals surface area contributed by atoms with Crippen molar-refractivity contribution in [3.05, 3.63) is 53.7 Å². The van der Waals surface area contributed by atoms with Gasteiger partial charge in [0.1, 0.15) is 11.9 Å². The molecule has 1 fully saturated rings. The van der Waals surface area contributed by atoms with Crippen LogP contribution in [0.4, 0.5) is 16.3 Å². The van der Waals surface area contributed by atoms with Crippen molar-refractivity contribution < 1.29 is 14.3 Å². The Bertz CT molecular complexity index is 901. The summed E-state index contributed by atoms with van der Waals surface area (Å²) in [6, 6.07) is 12.2. The number of carbonyl (C=O) groups is 2. The van der Waals surface area contributed by atoms with Crippen molar-refractivity contribution in [1.29, 1.82) is 5.26 Å². The molecule has 0 spiro atoms. The number of amides is 2. The summed E-state index contributed by atoms with van der Waals surface area (Å²) < 4.78 is 5.03. The van der Waals surface area contributed by atoms with E-state index in [0.29, 0.717) is 55.4 Å². The van der Waals surface area contributed by atoms with Gasteiger partial charge in [-0.3, -0.25) is 4.79 Å². The number of piperazine rings is 1. The standard InChI is InChI=1S/C20H21N5O3/c1-2-28-20(27)25-11-9-24(10-12-25)18-13-15(7-8-22-18)19(26)23-17-6-4-3-5-16(17)14-21/h3-8,13H,2,9-12H2,1H3,(H,23,26). The van der Waals surface area contributed by atoms with E-state index in [4.69, 9.17) is 10.00 Å². The summed E-state index contributed by atoms with van der Waals surface area (Å²) in [5.41, 5.74) is 1.32. The minimum atomic E-state index is -0.309. The third-order valence-electron chi connectivity index (χ3n) is 4.43. The third kappa shape index (κ3) is 4.38. The summed E-state index contributed by atoms with van der Waals surface area (Å²) in [7, 11) is 0. The van der Waals surface area contributed by atoms with E-state index in [0.717, 1.165) is 0 Å². The molecule has 1 aliphatic heterocycles. The van der Waals surface area contributed by atoms with Crippen molar-refractivity contribution in [3.8, 4) is 6.07 Å². The summed E-state index contributed by atoms with van der Waals surface area (Å²) in [6.07, 6.45) is 1.28. The van der Waals surface area contributed by atoms with Gasteiger partial charge in [-0.15, -0.1) is 0 Å². The predicted octanol–water partition coefficient (Wildman–Crippen LogP) is 2.48. The molecule has 144 valence electrons. The fourth-order valence-corrected chi connectivity index (χ4v) is 2.95. The lowest BCUT2D eigenvalue weighted by Crippen LogP contribution is -2.49. The van der Waals surface area contributed by atoms with Crippen LogP contribution in [0, 0.1) is 11.3 Å². The molecule has 8 heteroatoms. The van der Waals surface area contributed by atoms with Gasteiger partial charge in [0.25, 0.3) is 5.91 Å². The van der Waals surface area contributed by atoms with Crippen LogP contribution in [-0.4, -0.2) is 54.7 Å². The average molecular weight is 379 g/mol. The van der Waals surface area contributed by atoms with Crippen LogP contribution in [0.15, 0.2) is 42.6 Å². The van der Waals surface area contributed by atoms with Crippen LogP contribution >= 0.6 is 0 Å². The normalized spacial score (nSPS) is 13.6. The highest BCUT2D eigenvalue weighted by Crippen LogP contribution is 2.18. The lowest BCUT2D eigenvalue weighted by atomic mass is 10.1. The van der Waals surface area contributed by atoms with E-state index in [2.05, 4.69) is 16.4 Å². The molecule has 0 unspecified atom stereocenters. The van der Waals surface area contributed by atoms with E-state index < -0.39 is 0 Å². The molecule has 3 rings (SSSR count). The van der Waals surface area contributed by atoms with Crippen LogP contribution in [0.25, 0.3) is 0 Å². The number of rotatable bonds is 4. The van der Waals surface area contributed by atoms with Crippen molar-refractivity contribution in [2.75, 3.05) is 43.0 Å². The minimum absolute atomic E-state index is 0.306. The molecule has 1 saturated heterocycles. The Labute approximate surface area is 163 Å².